The van der Waals surface area contributed by atoms with Crippen molar-refractivity contribution in [2.75, 3.05) is 0 Å². The van der Waals surface area contributed by atoms with Gasteiger partial charge in [0.2, 0.25) is 0 Å². The van der Waals surface area contributed by atoms with E-state index in [1.54, 1.807) is 26.4 Å². The molecule has 0 saturated carbocycles. The van der Waals surface area contributed by atoms with E-state index in [0.717, 1.165) is 0 Å². The number of benzene rings is 3. The Hall–Kier alpha value is -1.09. The average Bonchev–Trinajstić information content (AvgIpc) is 2.58. The molecular formula is C24H24PSb. The second-order valence-corrected chi connectivity index (χ2v) is 16.1. The van der Waals surface area contributed by atoms with Crippen molar-refractivity contribution in [3.05, 3.63) is 69.8 Å². The van der Waals surface area contributed by atoms with E-state index in [1.165, 1.54) is 33.4 Å². The summed E-state index contributed by atoms with van der Waals surface area (Å²) in [5.74, 6) is 0. The Balaban J connectivity index is 1.91. The van der Waals surface area contributed by atoms with Gasteiger partial charge in [0.05, 0.1) is 0 Å². The molecule has 3 aromatic carbocycles. The fourth-order valence-electron chi connectivity index (χ4n) is 4.21. The average molecular weight is 465 g/mol. The van der Waals surface area contributed by atoms with Gasteiger partial charge in [-0.05, 0) is 0 Å². The van der Waals surface area contributed by atoms with E-state index in [9.17, 15) is 0 Å². The Labute approximate surface area is 165 Å². The van der Waals surface area contributed by atoms with Crippen molar-refractivity contribution in [1.82, 2.24) is 0 Å². The SMILES string of the molecule is Cc1cc2[c](cc1C)[Sb]1[c]3cc(C)c(C)cc3P2c2cc(C)c(C)c[c]21. The first-order valence-corrected chi connectivity index (χ1v) is 14.5. The van der Waals surface area contributed by atoms with Crippen molar-refractivity contribution in [2.24, 2.45) is 0 Å². The quantitative estimate of drug-likeness (QED) is 0.244. The van der Waals surface area contributed by atoms with Crippen molar-refractivity contribution in [1.29, 1.82) is 0 Å². The minimum atomic E-state index is -1.93. The summed E-state index contributed by atoms with van der Waals surface area (Å²) in [6, 6.07) is 15.3. The van der Waals surface area contributed by atoms with Crippen molar-refractivity contribution < 1.29 is 0 Å². The van der Waals surface area contributed by atoms with Gasteiger partial charge in [0.25, 0.3) is 0 Å². The molecule has 2 heteroatoms. The first-order valence-electron chi connectivity index (χ1n) is 9.31. The summed E-state index contributed by atoms with van der Waals surface area (Å²) in [7, 11) is -0.391. The third-order valence-corrected chi connectivity index (χ3v) is 17.6. The maximum atomic E-state index is 2.55. The van der Waals surface area contributed by atoms with Gasteiger partial charge in [-0.3, -0.25) is 0 Å². The van der Waals surface area contributed by atoms with Crippen LogP contribution in [0.5, 0.6) is 0 Å². The van der Waals surface area contributed by atoms with E-state index in [-0.39, 0.29) is 0 Å². The van der Waals surface area contributed by atoms with Crippen LogP contribution < -0.4 is 26.4 Å². The molecule has 0 N–H and O–H groups in total. The summed E-state index contributed by atoms with van der Waals surface area (Å²) in [5, 5.41) is 5.04. The van der Waals surface area contributed by atoms with Gasteiger partial charge < -0.3 is 0 Å². The first kappa shape index (κ1) is 17.0. The summed E-state index contributed by atoms with van der Waals surface area (Å²) in [6.45, 7) is 13.7. The molecule has 0 nitrogen and oxygen atoms in total. The monoisotopic (exact) mass is 464 g/mol. The van der Waals surface area contributed by atoms with E-state index in [0.29, 0.717) is 0 Å². The van der Waals surface area contributed by atoms with Crippen LogP contribution in [0.1, 0.15) is 33.4 Å². The van der Waals surface area contributed by atoms with Gasteiger partial charge in [-0.15, -0.1) is 0 Å². The Kier molecular flexibility index (Phi) is 3.74. The fourth-order valence-corrected chi connectivity index (χ4v) is 18.9. The van der Waals surface area contributed by atoms with Gasteiger partial charge >= 0.3 is 166 Å². The van der Waals surface area contributed by atoms with Crippen LogP contribution in [0, 0.1) is 41.5 Å². The minimum absolute atomic E-state index is 0.391. The molecule has 0 spiro atoms. The summed E-state index contributed by atoms with van der Waals surface area (Å²) in [5.41, 5.74) is 8.76. The molecule has 2 bridgehead atoms. The molecule has 0 unspecified atom stereocenters. The van der Waals surface area contributed by atoms with Crippen LogP contribution in [0.25, 0.3) is 0 Å². The molecule has 0 radical (unpaired) electrons. The number of aryl methyl sites for hydroxylation is 6. The normalized spacial score (nSPS) is 15.0. The Bertz CT molecular complexity index is 881. The second kappa shape index (κ2) is 5.70. The predicted octanol–water partition coefficient (Wildman–Crippen LogP) is 2.44. The van der Waals surface area contributed by atoms with Crippen molar-refractivity contribution in [3.63, 3.8) is 0 Å². The van der Waals surface area contributed by atoms with Crippen molar-refractivity contribution in [2.45, 2.75) is 41.5 Å². The summed E-state index contributed by atoms with van der Waals surface area (Å²) >= 11 is -1.93. The topological polar surface area (TPSA) is 0 Å². The van der Waals surface area contributed by atoms with Crippen LogP contribution in [-0.4, -0.2) is 20.2 Å². The van der Waals surface area contributed by atoms with Crippen molar-refractivity contribution >= 4 is 54.6 Å². The van der Waals surface area contributed by atoms with Crippen LogP contribution in [0.3, 0.4) is 0 Å². The van der Waals surface area contributed by atoms with Gasteiger partial charge in [0, 0.05) is 0 Å². The molecule has 0 amide bonds. The second-order valence-electron chi connectivity index (χ2n) is 7.95. The molecule has 130 valence electrons. The van der Waals surface area contributed by atoms with E-state index in [2.05, 4.69) is 77.9 Å². The number of hydrogen-bond acceptors (Lipinski definition) is 0. The molecule has 26 heavy (non-hydrogen) atoms. The van der Waals surface area contributed by atoms with Gasteiger partial charge in [-0.2, -0.15) is 0 Å². The molecular weight excluding hydrogens is 441 g/mol. The third kappa shape index (κ3) is 2.19. The molecule has 3 aromatic rings. The fraction of sp³-hybridized carbons (Fsp3) is 0.250. The van der Waals surface area contributed by atoms with Gasteiger partial charge in [0.15, 0.2) is 0 Å². The molecule has 0 fully saturated rings. The zero-order chi connectivity index (χ0) is 18.3. The van der Waals surface area contributed by atoms with E-state index < -0.39 is 28.1 Å². The van der Waals surface area contributed by atoms with Gasteiger partial charge in [-0.25, -0.2) is 0 Å². The third-order valence-electron chi connectivity index (χ3n) is 6.22. The predicted molar refractivity (Wildman–Crippen MR) is 118 cm³/mol. The summed E-state index contributed by atoms with van der Waals surface area (Å²) in [6.07, 6.45) is 0. The first-order chi connectivity index (χ1) is 12.4. The van der Waals surface area contributed by atoms with Crippen LogP contribution in [-0.2, 0) is 0 Å². The Morgan fingerprint density at radius 1 is 0.462 bits per heavy atom. The number of rotatable bonds is 0. The molecule has 0 saturated heterocycles. The molecule has 0 aliphatic carbocycles. The number of hydrogen-bond donors (Lipinski definition) is 0. The van der Waals surface area contributed by atoms with E-state index in [4.69, 9.17) is 0 Å². The summed E-state index contributed by atoms with van der Waals surface area (Å²) in [4.78, 5) is 0. The molecule has 3 aliphatic heterocycles. The van der Waals surface area contributed by atoms with Gasteiger partial charge in [0.1, 0.15) is 0 Å². The van der Waals surface area contributed by atoms with Crippen molar-refractivity contribution in [3.8, 4) is 0 Å². The van der Waals surface area contributed by atoms with Crippen LogP contribution in [0.15, 0.2) is 36.4 Å². The molecule has 3 aliphatic rings. The zero-order valence-electron chi connectivity index (χ0n) is 16.4. The molecule has 3 heterocycles. The Morgan fingerprint density at radius 2 is 0.731 bits per heavy atom. The maximum absolute atomic E-state index is 2.55. The standard InChI is InChI=1S/C24H24P.Sb/c1-16-7-10-22(13-19(16)4)25(23-11-8-17(2)20(5)14-23)24-12-9-18(3)21(6)15-24;/h7-9,13-15H,1-6H3;. The van der Waals surface area contributed by atoms with E-state index in [1.807, 2.05) is 0 Å². The molecule has 6 rings (SSSR count). The van der Waals surface area contributed by atoms with Crippen LogP contribution >= 0.6 is 7.92 Å². The van der Waals surface area contributed by atoms with Crippen LogP contribution in [0.2, 0.25) is 0 Å². The molecule has 0 aromatic heterocycles. The summed E-state index contributed by atoms with van der Waals surface area (Å²) < 4.78 is 5.23. The van der Waals surface area contributed by atoms with Crippen LogP contribution in [0.4, 0.5) is 0 Å². The van der Waals surface area contributed by atoms with Gasteiger partial charge in [-0.1, -0.05) is 0 Å². The molecule has 0 atom stereocenters. The Morgan fingerprint density at radius 3 is 1.04 bits per heavy atom. The van der Waals surface area contributed by atoms with E-state index >= 15 is 0 Å². The zero-order valence-corrected chi connectivity index (χ0v) is 19.8.